The largest absolute Gasteiger partial charge is 0.506 e. The monoisotopic (exact) mass is 299 g/mol. The van der Waals surface area contributed by atoms with E-state index in [-0.39, 0.29) is 27.0 Å². The number of halogens is 3. The molecule has 6 heteroatoms. The van der Waals surface area contributed by atoms with Gasteiger partial charge >= 0.3 is 0 Å². The average Bonchev–Trinajstić information content (AvgIpc) is 2.33. The van der Waals surface area contributed by atoms with Gasteiger partial charge in [0.2, 0.25) is 0 Å². The van der Waals surface area contributed by atoms with Crippen LogP contribution >= 0.6 is 23.2 Å². The Bertz CT molecular complexity index is 626. The molecule has 2 rings (SSSR count). The molecule has 0 spiro atoms. The van der Waals surface area contributed by atoms with Crippen molar-refractivity contribution in [1.82, 2.24) is 0 Å². The van der Waals surface area contributed by atoms with Crippen LogP contribution in [0.3, 0.4) is 0 Å². The van der Waals surface area contributed by atoms with Gasteiger partial charge in [-0.1, -0.05) is 29.3 Å². The van der Waals surface area contributed by atoms with Crippen molar-refractivity contribution < 1.29 is 14.3 Å². The number of nitrogens with one attached hydrogen (secondary N) is 1. The van der Waals surface area contributed by atoms with Crippen LogP contribution in [0, 0.1) is 5.82 Å². The van der Waals surface area contributed by atoms with Crippen LogP contribution in [0.1, 0.15) is 10.4 Å². The third-order valence-corrected chi connectivity index (χ3v) is 3.03. The van der Waals surface area contributed by atoms with Crippen LogP contribution in [-0.4, -0.2) is 11.0 Å². The number of aromatic hydroxyl groups is 1. The maximum absolute atomic E-state index is 13.5. The SMILES string of the molecule is O=C(Nc1ccc(Cl)c(O)c1)c1c(F)cccc1Cl. The molecule has 2 aromatic rings. The molecule has 0 unspecified atom stereocenters. The number of rotatable bonds is 2. The first-order valence-electron chi connectivity index (χ1n) is 5.23. The summed E-state index contributed by atoms with van der Waals surface area (Å²) in [4.78, 5) is 11.9. The molecule has 19 heavy (non-hydrogen) atoms. The van der Waals surface area contributed by atoms with E-state index < -0.39 is 11.7 Å². The Morgan fingerprint density at radius 1 is 1.16 bits per heavy atom. The topological polar surface area (TPSA) is 49.3 Å². The normalized spacial score (nSPS) is 10.3. The van der Waals surface area contributed by atoms with Gasteiger partial charge in [0.25, 0.3) is 5.91 Å². The lowest BCUT2D eigenvalue weighted by Gasteiger charge is -2.08. The molecule has 0 bridgehead atoms. The Morgan fingerprint density at radius 2 is 1.89 bits per heavy atom. The van der Waals surface area contributed by atoms with Crippen molar-refractivity contribution in [2.75, 3.05) is 5.32 Å². The highest BCUT2D eigenvalue weighted by Gasteiger charge is 2.16. The molecule has 0 aliphatic heterocycles. The third kappa shape index (κ3) is 2.97. The molecule has 0 aromatic heterocycles. The summed E-state index contributed by atoms with van der Waals surface area (Å²) in [5.41, 5.74) is 0.0322. The smallest absolute Gasteiger partial charge is 0.260 e. The van der Waals surface area contributed by atoms with Crippen LogP contribution in [0.4, 0.5) is 10.1 Å². The molecule has 1 amide bonds. The second-order valence-electron chi connectivity index (χ2n) is 3.72. The first-order valence-corrected chi connectivity index (χ1v) is 5.98. The molecule has 0 atom stereocenters. The lowest BCUT2D eigenvalue weighted by molar-refractivity contribution is 0.102. The van der Waals surface area contributed by atoms with Crippen LogP contribution in [0.5, 0.6) is 5.75 Å². The zero-order valence-electron chi connectivity index (χ0n) is 9.45. The lowest BCUT2D eigenvalue weighted by atomic mass is 10.2. The predicted octanol–water partition coefficient (Wildman–Crippen LogP) is 4.09. The fourth-order valence-electron chi connectivity index (χ4n) is 1.50. The maximum atomic E-state index is 13.5. The van der Waals surface area contributed by atoms with E-state index in [4.69, 9.17) is 23.2 Å². The summed E-state index contributed by atoms with van der Waals surface area (Å²) in [6.07, 6.45) is 0. The average molecular weight is 300 g/mol. The van der Waals surface area contributed by atoms with E-state index in [1.807, 2.05) is 0 Å². The summed E-state index contributed by atoms with van der Waals surface area (Å²) in [5, 5.41) is 12.0. The van der Waals surface area contributed by atoms with Crippen molar-refractivity contribution in [3.63, 3.8) is 0 Å². The number of carbonyl (C=O) groups is 1. The van der Waals surface area contributed by atoms with Crippen molar-refractivity contribution in [3.8, 4) is 5.75 Å². The summed E-state index contributed by atoms with van der Waals surface area (Å²) < 4.78 is 13.5. The van der Waals surface area contributed by atoms with Crippen molar-refractivity contribution in [2.24, 2.45) is 0 Å². The quantitative estimate of drug-likeness (QED) is 0.877. The number of amides is 1. The zero-order valence-corrected chi connectivity index (χ0v) is 11.0. The highest BCUT2D eigenvalue weighted by molar-refractivity contribution is 6.34. The fourth-order valence-corrected chi connectivity index (χ4v) is 1.87. The molecule has 0 aliphatic rings. The first-order chi connectivity index (χ1) is 8.99. The van der Waals surface area contributed by atoms with Crippen LogP contribution in [0.25, 0.3) is 0 Å². The van der Waals surface area contributed by atoms with E-state index in [0.29, 0.717) is 0 Å². The van der Waals surface area contributed by atoms with Crippen LogP contribution < -0.4 is 5.32 Å². The first kappa shape index (κ1) is 13.6. The van der Waals surface area contributed by atoms with E-state index in [0.717, 1.165) is 6.07 Å². The fraction of sp³-hybridized carbons (Fsp3) is 0. The minimum atomic E-state index is -0.719. The van der Waals surface area contributed by atoms with Gasteiger partial charge in [0.1, 0.15) is 11.6 Å². The summed E-state index contributed by atoms with van der Waals surface area (Å²) in [6, 6.07) is 8.11. The Kier molecular flexibility index (Phi) is 3.93. The Balaban J connectivity index is 2.28. The Hall–Kier alpha value is -1.78. The number of carbonyl (C=O) groups excluding carboxylic acids is 1. The van der Waals surface area contributed by atoms with E-state index in [1.165, 1.54) is 30.3 Å². The van der Waals surface area contributed by atoms with Crippen molar-refractivity contribution in [2.45, 2.75) is 0 Å². The Morgan fingerprint density at radius 3 is 2.53 bits per heavy atom. The van der Waals surface area contributed by atoms with Gasteiger partial charge in [-0.15, -0.1) is 0 Å². The highest BCUT2D eigenvalue weighted by Crippen LogP contribution is 2.27. The van der Waals surface area contributed by atoms with E-state index in [9.17, 15) is 14.3 Å². The van der Waals surface area contributed by atoms with Crippen molar-refractivity contribution >= 4 is 34.8 Å². The minimum absolute atomic E-state index is 0.00989. The number of anilines is 1. The van der Waals surface area contributed by atoms with E-state index in [1.54, 1.807) is 0 Å². The number of phenolic OH excluding ortho intramolecular Hbond substituents is 1. The van der Waals surface area contributed by atoms with Gasteiger partial charge in [-0.25, -0.2) is 4.39 Å². The molecule has 0 saturated heterocycles. The van der Waals surface area contributed by atoms with Gasteiger partial charge in [0.15, 0.2) is 0 Å². The van der Waals surface area contributed by atoms with Crippen LogP contribution in [0.15, 0.2) is 36.4 Å². The van der Waals surface area contributed by atoms with Gasteiger partial charge in [0, 0.05) is 11.8 Å². The molecule has 3 nitrogen and oxygen atoms in total. The molecule has 0 fully saturated rings. The summed E-state index contributed by atoms with van der Waals surface area (Å²) in [7, 11) is 0. The van der Waals surface area contributed by atoms with Gasteiger partial charge < -0.3 is 10.4 Å². The lowest BCUT2D eigenvalue weighted by Crippen LogP contribution is -2.14. The van der Waals surface area contributed by atoms with Gasteiger partial charge in [-0.05, 0) is 24.3 Å². The number of hydrogen-bond acceptors (Lipinski definition) is 2. The van der Waals surface area contributed by atoms with Crippen LogP contribution in [-0.2, 0) is 0 Å². The summed E-state index contributed by atoms with van der Waals surface area (Å²) in [6.45, 7) is 0. The van der Waals surface area contributed by atoms with Crippen molar-refractivity contribution in [1.29, 1.82) is 0 Å². The molecular weight excluding hydrogens is 292 g/mol. The number of phenols is 1. The third-order valence-electron chi connectivity index (χ3n) is 2.39. The molecule has 0 heterocycles. The molecule has 0 saturated carbocycles. The maximum Gasteiger partial charge on any atom is 0.260 e. The summed E-state index contributed by atoms with van der Waals surface area (Å²) in [5.74, 6) is -1.60. The van der Waals surface area contributed by atoms with Crippen molar-refractivity contribution in [3.05, 3.63) is 57.8 Å². The predicted molar refractivity (Wildman–Crippen MR) is 72.5 cm³/mol. The van der Waals surface area contributed by atoms with E-state index in [2.05, 4.69) is 5.32 Å². The van der Waals surface area contributed by atoms with Gasteiger partial charge in [-0.3, -0.25) is 4.79 Å². The second kappa shape index (κ2) is 5.47. The number of benzene rings is 2. The molecule has 2 N–H and O–H groups in total. The zero-order chi connectivity index (χ0) is 14.0. The van der Waals surface area contributed by atoms with Gasteiger partial charge in [0.05, 0.1) is 15.6 Å². The number of hydrogen-bond donors (Lipinski definition) is 2. The minimum Gasteiger partial charge on any atom is -0.506 e. The molecule has 2 aromatic carbocycles. The second-order valence-corrected chi connectivity index (χ2v) is 4.53. The molecule has 0 radical (unpaired) electrons. The molecule has 0 aliphatic carbocycles. The standard InChI is InChI=1S/C13H8Cl2FNO2/c14-8-5-4-7(6-11(8)18)17-13(19)12-9(15)2-1-3-10(12)16/h1-6,18H,(H,17,19). The summed E-state index contributed by atoms with van der Waals surface area (Å²) >= 11 is 11.4. The van der Waals surface area contributed by atoms with Gasteiger partial charge in [-0.2, -0.15) is 0 Å². The molecule has 98 valence electrons. The Labute approximate surface area is 118 Å². The molecular formula is C13H8Cl2FNO2. The highest BCUT2D eigenvalue weighted by atomic mass is 35.5. The van der Waals surface area contributed by atoms with Crippen LogP contribution in [0.2, 0.25) is 10.0 Å². The van der Waals surface area contributed by atoms with E-state index >= 15 is 0 Å².